The Bertz CT molecular complexity index is 3220. The smallest absolute Gasteiger partial charge is 0.0782 e. The molecule has 0 saturated heterocycles. The van der Waals surface area contributed by atoms with Gasteiger partial charge in [-0.15, -0.1) is 0 Å². The van der Waals surface area contributed by atoms with Crippen LogP contribution in [0.25, 0.3) is 83.2 Å². The van der Waals surface area contributed by atoms with Crippen molar-refractivity contribution in [3.05, 3.63) is 186 Å². The van der Waals surface area contributed by atoms with E-state index in [1.165, 1.54) is 113 Å². The van der Waals surface area contributed by atoms with Crippen LogP contribution in [0, 0.1) is 5.92 Å². The van der Waals surface area contributed by atoms with Crippen LogP contribution in [0.2, 0.25) is 0 Å². The lowest BCUT2D eigenvalue weighted by atomic mass is 9.82. The molecule has 0 aliphatic heterocycles. The first-order chi connectivity index (χ1) is 28.3. The molecule has 3 aliphatic rings. The van der Waals surface area contributed by atoms with Crippen LogP contribution >= 0.6 is 0 Å². The Labute approximate surface area is 332 Å². The van der Waals surface area contributed by atoms with Gasteiger partial charge < -0.3 is 13.7 Å². The Hall–Kier alpha value is -6.58. The van der Waals surface area contributed by atoms with Gasteiger partial charge in [0.15, 0.2) is 0 Å². The normalized spacial score (nSPS) is 16.9. The van der Waals surface area contributed by atoms with Crippen molar-refractivity contribution in [1.29, 1.82) is 0 Å². The Morgan fingerprint density at radius 2 is 1.23 bits per heavy atom. The predicted molar refractivity (Wildman–Crippen MR) is 241 cm³/mol. The van der Waals surface area contributed by atoms with Crippen LogP contribution in [-0.4, -0.2) is 13.7 Å². The summed E-state index contributed by atoms with van der Waals surface area (Å²) in [6.07, 6.45) is 22.7. The highest BCUT2D eigenvalue weighted by atomic mass is 15.1. The zero-order valence-corrected chi connectivity index (χ0v) is 32.0. The number of fused-ring (bicyclic) bond motifs is 9. The molecule has 0 radical (unpaired) electrons. The maximum Gasteiger partial charge on any atom is 0.0782 e. The average Bonchev–Trinajstić information content (AvgIpc) is 3.92. The van der Waals surface area contributed by atoms with Crippen LogP contribution in [0.5, 0.6) is 0 Å². The number of allylic oxidation sites excluding steroid dienone is 7. The van der Waals surface area contributed by atoms with Gasteiger partial charge in [-0.1, -0.05) is 115 Å². The van der Waals surface area contributed by atoms with Gasteiger partial charge in [0.25, 0.3) is 0 Å². The highest BCUT2D eigenvalue weighted by Gasteiger charge is 2.23. The van der Waals surface area contributed by atoms with Gasteiger partial charge in [-0.2, -0.15) is 0 Å². The SMILES string of the molecule is C1=CC(C2=CC(c3cccc(-n4c5ccccc5c5cccc(-n6c7ccccc7c7cc(-n8c9c(c%10ccccc%108)CCC=C9)ccc76)c54)c3)=CCC2)CCC1. The molecule has 3 nitrogen and oxygen atoms in total. The monoisotopic (exact) mass is 733 g/mol. The van der Waals surface area contributed by atoms with Crippen molar-refractivity contribution in [3.63, 3.8) is 0 Å². The summed E-state index contributed by atoms with van der Waals surface area (Å²) in [6.45, 7) is 0. The molecule has 0 bridgehead atoms. The Balaban J connectivity index is 1.07. The molecule has 6 aromatic carbocycles. The van der Waals surface area contributed by atoms with Crippen molar-refractivity contribution in [2.75, 3.05) is 0 Å². The summed E-state index contributed by atoms with van der Waals surface area (Å²) < 4.78 is 7.50. The summed E-state index contributed by atoms with van der Waals surface area (Å²) in [5.41, 5.74) is 16.7. The van der Waals surface area contributed by atoms with E-state index in [-0.39, 0.29) is 0 Å². The number of rotatable bonds is 5. The quantitative estimate of drug-likeness (QED) is 0.157. The van der Waals surface area contributed by atoms with Crippen molar-refractivity contribution >= 4 is 66.2 Å². The van der Waals surface area contributed by atoms with Gasteiger partial charge in [0.1, 0.15) is 0 Å². The van der Waals surface area contributed by atoms with Gasteiger partial charge in [0.05, 0.1) is 33.3 Å². The summed E-state index contributed by atoms with van der Waals surface area (Å²) >= 11 is 0. The molecule has 57 heavy (non-hydrogen) atoms. The summed E-state index contributed by atoms with van der Waals surface area (Å²) in [7, 11) is 0. The zero-order chi connectivity index (χ0) is 37.5. The summed E-state index contributed by atoms with van der Waals surface area (Å²) in [4.78, 5) is 0. The van der Waals surface area contributed by atoms with Crippen molar-refractivity contribution < 1.29 is 0 Å². The lowest BCUT2D eigenvalue weighted by molar-refractivity contribution is 0.586. The van der Waals surface area contributed by atoms with Crippen LogP contribution in [0.1, 0.15) is 55.3 Å². The first kappa shape index (κ1) is 32.6. The molecule has 0 N–H and O–H groups in total. The van der Waals surface area contributed by atoms with Gasteiger partial charge in [-0.05, 0) is 128 Å². The summed E-state index contributed by atoms with van der Waals surface area (Å²) in [5, 5.41) is 6.41. The molecule has 12 rings (SSSR count). The van der Waals surface area contributed by atoms with E-state index >= 15 is 0 Å². The molecule has 1 unspecified atom stereocenters. The van der Waals surface area contributed by atoms with Crippen LogP contribution in [-0.2, 0) is 6.42 Å². The molecule has 0 amide bonds. The first-order valence-corrected chi connectivity index (χ1v) is 20.8. The maximum atomic E-state index is 2.51. The zero-order valence-electron chi connectivity index (χ0n) is 32.0. The van der Waals surface area contributed by atoms with Gasteiger partial charge in [0.2, 0.25) is 0 Å². The molecule has 1 atom stereocenters. The minimum Gasteiger partial charge on any atom is -0.310 e. The fraction of sp³-hybridized carbons (Fsp3) is 0.148. The number of aromatic nitrogens is 3. The van der Waals surface area contributed by atoms with Crippen molar-refractivity contribution in [2.45, 2.75) is 44.9 Å². The molecular weight excluding hydrogens is 691 g/mol. The van der Waals surface area contributed by atoms with Crippen molar-refractivity contribution in [3.8, 4) is 17.1 Å². The largest absolute Gasteiger partial charge is 0.310 e. The molecule has 9 aromatic rings. The van der Waals surface area contributed by atoms with Gasteiger partial charge in [-0.25, -0.2) is 0 Å². The molecular formula is C54H43N3. The Morgan fingerprint density at radius 1 is 0.509 bits per heavy atom. The van der Waals surface area contributed by atoms with Crippen molar-refractivity contribution in [2.24, 2.45) is 5.92 Å². The van der Waals surface area contributed by atoms with Crippen molar-refractivity contribution in [1.82, 2.24) is 13.7 Å². The van der Waals surface area contributed by atoms with E-state index < -0.39 is 0 Å². The molecule has 3 heteroatoms. The fourth-order valence-electron chi connectivity index (χ4n) is 10.4. The molecule has 0 fully saturated rings. The molecule has 3 heterocycles. The first-order valence-electron chi connectivity index (χ1n) is 20.8. The molecule has 3 aliphatic carbocycles. The molecule has 3 aromatic heterocycles. The second-order valence-electron chi connectivity index (χ2n) is 16.2. The van der Waals surface area contributed by atoms with Gasteiger partial charge in [-0.3, -0.25) is 0 Å². The third-order valence-electron chi connectivity index (χ3n) is 13.0. The highest BCUT2D eigenvalue weighted by molar-refractivity contribution is 6.15. The van der Waals surface area contributed by atoms with Crippen LogP contribution in [0.3, 0.4) is 0 Å². The molecule has 274 valence electrons. The number of nitrogens with zero attached hydrogens (tertiary/aromatic N) is 3. The van der Waals surface area contributed by atoms with Gasteiger partial charge >= 0.3 is 0 Å². The maximum absolute atomic E-state index is 2.51. The number of para-hydroxylation sites is 4. The lowest BCUT2D eigenvalue weighted by Crippen LogP contribution is -2.07. The van der Waals surface area contributed by atoms with Crippen LogP contribution < -0.4 is 0 Å². The Morgan fingerprint density at radius 3 is 2.07 bits per heavy atom. The van der Waals surface area contributed by atoms with E-state index in [9.17, 15) is 0 Å². The summed E-state index contributed by atoms with van der Waals surface area (Å²) in [6, 6.07) is 50.0. The van der Waals surface area contributed by atoms with E-state index in [1.807, 2.05) is 0 Å². The van der Waals surface area contributed by atoms with E-state index in [0.717, 1.165) is 25.7 Å². The molecule has 0 saturated carbocycles. The van der Waals surface area contributed by atoms with Crippen LogP contribution in [0.4, 0.5) is 0 Å². The van der Waals surface area contributed by atoms with Crippen LogP contribution in [0.15, 0.2) is 169 Å². The third-order valence-corrected chi connectivity index (χ3v) is 13.0. The summed E-state index contributed by atoms with van der Waals surface area (Å²) in [5.74, 6) is 0.581. The minimum absolute atomic E-state index is 0.581. The Kier molecular flexibility index (Phi) is 7.44. The van der Waals surface area contributed by atoms with E-state index in [4.69, 9.17) is 0 Å². The van der Waals surface area contributed by atoms with E-state index in [1.54, 1.807) is 5.57 Å². The minimum atomic E-state index is 0.581. The van der Waals surface area contributed by atoms with E-state index in [2.05, 4.69) is 184 Å². The average molecular weight is 734 g/mol. The molecule has 0 spiro atoms. The second kappa shape index (κ2) is 13.0. The highest BCUT2D eigenvalue weighted by Crippen LogP contribution is 2.42. The fourth-order valence-corrected chi connectivity index (χ4v) is 10.4. The number of aryl methyl sites for hydroxylation is 1. The number of hydrogen-bond donors (Lipinski definition) is 0. The number of benzene rings is 6. The lowest BCUT2D eigenvalue weighted by Gasteiger charge is -2.23. The second-order valence-corrected chi connectivity index (χ2v) is 16.2. The number of hydrogen-bond acceptors (Lipinski definition) is 0. The van der Waals surface area contributed by atoms with Gasteiger partial charge in [0, 0.05) is 44.0 Å². The predicted octanol–water partition coefficient (Wildman–Crippen LogP) is 14.2. The third kappa shape index (κ3) is 5.04. The van der Waals surface area contributed by atoms with E-state index in [0.29, 0.717) is 5.92 Å². The topological polar surface area (TPSA) is 14.8 Å². The standard InChI is InChI=1S/C54H43N3/c1-2-15-36(16-3-1)37-17-12-18-38(33-37)39-19-13-20-40(34-39)56-50-28-10-6-23-44(50)46-25-14-30-53(54(46)56)57-51-29-11-7-24-45(51)47-35-41(31-32-52(47)57)55-48-26-8-4-21-42(48)43-22-5-9-27-49(43)55/h2,4,6-11,13-15,18-21,23-36H,1,3,5,12,16-17,22H2.